The van der Waals surface area contributed by atoms with Gasteiger partial charge in [0.1, 0.15) is 18.8 Å². The van der Waals surface area contributed by atoms with E-state index in [0.717, 1.165) is 19.3 Å². The zero-order chi connectivity index (χ0) is 30.5. The standard InChI is InChI=1S/C31H55NO9/c1-6-7-8-9-10-11-12-13-14-15-16-17-18-19-20-21-37-31-28(32-23(2)33)30(40-26(5)36)29(39-25(4)35)27(41-31)22-38-24(3)34/h27-31H,6-22H2,1-5H3,(H,32,33). The summed E-state index contributed by atoms with van der Waals surface area (Å²) in [6, 6.07) is -0.925. The summed E-state index contributed by atoms with van der Waals surface area (Å²) in [5, 5.41) is 2.72. The van der Waals surface area contributed by atoms with E-state index in [-0.39, 0.29) is 6.61 Å². The average molecular weight is 586 g/mol. The number of unbranched alkanes of at least 4 members (excludes halogenated alkanes) is 14. The van der Waals surface area contributed by atoms with Gasteiger partial charge in [0.15, 0.2) is 18.5 Å². The van der Waals surface area contributed by atoms with Crippen LogP contribution in [0.4, 0.5) is 0 Å². The maximum atomic E-state index is 12.0. The number of esters is 3. The number of amides is 1. The molecule has 5 unspecified atom stereocenters. The molecule has 1 rings (SSSR count). The Kier molecular flexibility index (Phi) is 20.1. The summed E-state index contributed by atoms with van der Waals surface area (Å²) in [4.78, 5) is 47.2. The van der Waals surface area contributed by atoms with Gasteiger partial charge in [-0.25, -0.2) is 0 Å². The molecule has 1 fully saturated rings. The van der Waals surface area contributed by atoms with E-state index in [2.05, 4.69) is 12.2 Å². The second kappa shape index (κ2) is 22.4. The number of nitrogens with one attached hydrogen (secondary N) is 1. The Hall–Kier alpha value is -2.20. The molecule has 41 heavy (non-hydrogen) atoms. The van der Waals surface area contributed by atoms with Crippen molar-refractivity contribution in [3.05, 3.63) is 0 Å². The second-order valence-electron chi connectivity index (χ2n) is 11.0. The van der Waals surface area contributed by atoms with Crippen LogP contribution in [0.15, 0.2) is 0 Å². The molecule has 1 aliphatic rings. The molecule has 0 aliphatic carbocycles. The first-order valence-electron chi connectivity index (χ1n) is 15.7. The van der Waals surface area contributed by atoms with Gasteiger partial charge in [-0.1, -0.05) is 96.8 Å². The molecule has 1 aliphatic heterocycles. The molecule has 0 spiro atoms. The predicted molar refractivity (Wildman–Crippen MR) is 155 cm³/mol. The molecular formula is C31H55NO9. The van der Waals surface area contributed by atoms with E-state index in [9.17, 15) is 19.2 Å². The van der Waals surface area contributed by atoms with E-state index in [1.165, 1.54) is 105 Å². The van der Waals surface area contributed by atoms with Crippen LogP contribution in [0.3, 0.4) is 0 Å². The molecule has 1 amide bonds. The Balaban J connectivity index is 2.50. The highest BCUT2D eigenvalue weighted by Crippen LogP contribution is 2.28. The molecule has 1 saturated heterocycles. The quantitative estimate of drug-likeness (QED) is 0.0991. The van der Waals surface area contributed by atoms with Crippen molar-refractivity contribution in [2.75, 3.05) is 13.2 Å². The maximum absolute atomic E-state index is 12.0. The molecule has 1 heterocycles. The first kappa shape index (κ1) is 36.8. The van der Waals surface area contributed by atoms with Gasteiger partial charge in [0.25, 0.3) is 0 Å². The third kappa shape index (κ3) is 17.4. The van der Waals surface area contributed by atoms with Crippen LogP contribution in [0.1, 0.15) is 131 Å². The Labute approximate surface area is 246 Å². The Morgan fingerprint density at radius 3 is 1.54 bits per heavy atom. The Morgan fingerprint density at radius 1 is 0.634 bits per heavy atom. The molecule has 238 valence electrons. The molecular weight excluding hydrogens is 530 g/mol. The lowest BCUT2D eigenvalue weighted by Gasteiger charge is -2.44. The highest BCUT2D eigenvalue weighted by Gasteiger charge is 2.51. The highest BCUT2D eigenvalue weighted by atomic mass is 16.7. The first-order valence-corrected chi connectivity index (χ1v) is 15.7. The SMILES string of the molecule is CCCCCCCCCCCCCCCCCOC1OC(COC(C)=O)C(OC(C)=O)C(OC(C)=O)C1NC(C)=O. The number of hydrogen-bond donors (Lipinski definition) is 1. The topological polar surface area (TPSA) is 126 Å². The van der Waals surface area contributed by atoms with E-state index in [0.29, 0.717) is 6.61 Å². The number of hydrogen-bond acceptors (Lipinski definition) is 9. The Bertz CT molecular complexity index is 760. The number of rotatable bonds is 22. The molecule has 0 aromatic rings. The maximum Gasteiger partial charge on any atom is 0.303 e. The summed E-state index contributed by atoms with van der Waals surface area (Å²) in [6.07, 6.45) is 14.6. The fourth-order valence-corrected chi connectivity index (χ4v) is 5.11. The van der Waals surface area contributed by atoms with Crippen molar-refractivity contribution >= 4 is 23.8 Å². The minimum absolute atomic E-state index is 0.239. The summed E-state index contributed by atoms with van der Waals surface area (Å²) >= 11 is 0. The molecule has 5 atom stereocenters. The van der Waals surface area contributed by atoms with E-state index in [1.54, 1.807) is 0 Å². The van der Waals surface area contributed by atoms with Crippen LogP contribution in [0.25, 0.3) is 0 Å². The molecule has 0 aromatic heterocycles. The van der Waals surface area contributed by atoms with Crippen molar-refractivity contribution in [3.63, 3.8) is 0 Å². The van der Waals surface area contributed by atoms with Crippen LogP contribution in [0.5, 0.6) is 0 Å². The van der Waals surface area contributed by atoms with Gasteiger partial charge in [-0.05, 0) is 6.42 Å². The van der Waals surface area contributed by atoms with Crippen molar-refractivity contribution in [3.8, 4) is 0 Å². The van der Waals surface area contributed by atoms with Gasteiger partial charge in [0.2, 0.25) is 5.91 Å². The van der Waals surface area contributed by atoms with Crippen LogP contribution >= 0.6 is 0 Å². The lowest BCUT2D eigenvalue weighted by atomic mass is 9.96. The summed E-state index contributed by atoms with van der Waals surface area (Å²) in [5.74, 6) is -2.20. The van der Waals surface area contributed by atoms with Crippen LogP contribution in [-0.4, -0.2) is 67.7 Å². The van der Waals surface area contributed by atoms with Crippen LogP contribution in [0.2, 0.25) is 0 Å². The number of carbonyl (C=O) groups excluding carboxylic acids is 4. The van der Waals surface area contributed by atoms with E-state index in [4.69, 9.17) is 23.7 Å². The minimum Gasteiger partial charge on any atom is -0.463 e. The van der Waals surface area contributed by atoms with Gasteiger partial charge in [0.05, 0.1) is 0 Å². The van der Waals surface area contributed by atoms with Crippen LogP contribution in [-0.2, 0) is 42.9 Å². The predicted octanol–water partition coefficient (Wildman–Crippen LogP) is 5.53. The van der Waals surface area contributed by atoms with Crippen molar-refractivity contribution < 1.29 is 42.9 Å². The van der Waals surface area contributed by atoms with E-state index in [1.807, 2.05) is 0 Å². The smallest absolute Gasteiger partial charge is 0.303 e. The molecule has 1 N–H and O–H groups in total. The normalized spacial score (nSPS) is 22.1. The fourth-order valence-electron chi connectivity index (χ4n) is 5.11. The van der Waals surface area contributed by atoms with Gasteiger partial charge in [0, 0.05) is 34.3 Å². The van der Waals surface area contributed by atoms with Gasteiger partial charge in [-0.15, -0.1) is 0 Å². The molecule has 0 aromatic carbocycles. The lowest BCUT2D eigenvalue weighted by molar-refractivity contribution is -0.277. The third-order valence-corrected chi connectivity index (χ3v) is 7.10. The van der Waals surface area contributed by atoms with Crippen LogP contribution < -0.4 is 5.32 Å². The molecule has 0 saturated carbocycles. The summed E-state index contributed by atoms with van der Waals surface area (Å²) in [7, 11) is 0. The van der Waals surface area contributed by atoms with Gasteiger partial charge in [-0.3, -0.25) is 19.2 Å². The van der Waals surface area contributed by atoms with Gasteiger partial charge in [-0.2, -0.15) is 0 Å². The molecule has 0 bridgehead atoms. The molecule has 10 heteroatoms. The largest absolute Gasteiger partial charge is 0.463 e. The van der Waals surface area contributed by atoms with E-state index >= 15 is 0 Å². The Morgan fingerprint density at radius 2 is 1.10 bits per heavy atom. The average Bonchev–Trinajstić information content (AvgIpc) is 2.89. The fraction of sp³-hybridized carbons (Fsp3) is 0.871. The van der Waals surface area contributed by atoms with Crippen molar-refractivity contribution in [1.82, 2.24) is 5.32 Å². The van der Waals surface area contributed by atoms with Crippen LogP contribution in [0, 0.1) is 0 Å². The zero-order valence-corrected chi connectivity index (χ0v) is 26.1. The van der Waals surface area contributed by atoms with Crippen molar-refractivity contribution in [2.24, 2.45) is 0 Å². The molecule has 10 nitrogen and oxygen atoms in total. The third-order valence-electron chi connectivity index (χ3n) is 7.10. The van der Waals surface area contributed by atoms with E-state index < -0.39 is 54.5 Å². The number of ether oxygens (including phenoxy) is 5. The lowest BCUT2D eigenvalue weighted by Crippen LogP contribution is -2.66. The number of carbonyl (C=O) groups is 4. The zero-order valence-electron chi connectivity index (χ0n) is 26.1. The summed E-state index contributed by atoms with van der Waals surface area (Å²) in [6.45, 7) is 7.38. The van der Waals surface area contributed by atoms with Crippen molar-refractivity contribution in [2.45, 2.75) is 162 Å². The first-order chi connectivity index (χ1) is 19.6. The summed E-state index contributed by atoms with van der Waals surface area (Å²) in [5.41, 5.74) is 0. The highest BCUT2D eigenvalue weighted by molar-refractivity contribution is 5.73. The van der Waals surface area contributed by atoms with Gasteiger partial charge < -0.3 is 29.0 Å². The second-order valence-corrected chi connectivity index (χ2v) is 11.0. The molecule has 0 radical (unpaired) electrons. The summed E-state index contributed by atoms with van der Waals surface area (Å²) < 4.78 is 28.0. The minimum atomic E-state index is -1.11. The van der Waals surface area contributed by atoms with Crippen molar-refractivity contribution in [1.29, 1.82) is 0 Å². The van der Waals surface area contributed by atoms with Gasteiger partial charge >= 0.3 is 17.9 Å². The monoisotopic (exact) mass is 585 g/mol.